The van der Waals surface area contributed by atoms with E-state index in [1.165, 1.54) is 58.2 Å². The summed E-state index contributed by atoms with van der Waals surface area (Å²) in [5.41, 5.74) is 5.55. The molecule has 0 aromatic heterocycles. The minimum absolute atomic E-state index is 0.852. The van der Waals surface area contributed by atoms with Crippen LogP contribution in [0.2, 0.25) is 0 Å². The van der Waals surface area contributed by atoms with Crippen molar-refractivity contribution in [2.45, 2.75) is 38.5 Å². The van der Waals surface area contributed by atoms with Crippen LogP contribution in [0.4, 0.5) is 0 Å². The zero-order valence-corrected chi connectivity index (χ0v) is 9.25. The number of piperidine rings is 1. The van der Waals surface area contributed by atoms with E-state index in [0.717, 1.165) is 18.4 Å². The Kier molecular flexibility index (Phi) is 3.82. The van der Waals surface area contributed by atoms with Gasteiger partial charge in [-0.2, -0.15) is 0 Å². The maximum Gasteiger partial charge on any atom is 0.00123 e. The summed E-state index contributed by atoms with van der Waals surface area (Å²) in [6.45, 7) is 4.79. The van der Waals surface area contributed by atoms with Crippen molar-refractivity contribution in [2.75, 3.05) is 26.2 Å². The first kappa shape index (κ1) is 10.4. The van der Waals surface area contributed by atoms with Crippen LogP contribution in [-0.2, 0) is 0 Å². The predicted molar refractivity (Wildman–Crippen MR) is 60.2 cm³/mol. The van der Waals surface area contributed by atoms with Gasteiger partial charge in [-0.1, -0.05) is 19.3 Å². The Hall–Kier alpha value is -0.0800. The third-order valence-electron chi connectivity index (χ3n) is 4.05. The molecule has 2 rings (SSSR count). The van der Waals surface area contributed by atoms with Crippen LogP contribution in [0.1, 0.15) is 38.5 Å². The number of hydrogen-bond donors (Lipinski definition) is 1. The van der Waals surface area contributed by atoms with E-state index >= 15 is 0 Å². The molecule has 2 atom stereocenters. The number of hydrogen-bond acceptors (Lipinski definition) is 2. The summed E-state index contributed by atoms with van der Waals surface area (Å²) in [5, 5.41) is 0. The van der Waals surface area contributed by atoms with Crippen molar-refractivity contribution in [3.63, 3.8) is 0 Å². The van der Waals surface area contributed by atoms with Crippen LogP contribution in [0, 0.1) is 11.8 Å². The highest BCUT2D eigenvalue weighted by Gasteiger charge is 2.30. The quantitative estimate of drug-likeness (QED) is 0.746. The normalized spacial score (nSPS) is 34.1. The van der Waals surface area contributed by atoms with Gasteiger partial charge >= 0.3 is 0 Å². The lowest BCUT2D eigenvalue weighted by Gasteiger charge is -2.41. The minimum Gasteiger partial charge on any atom is -0.330 e. The lowest BCUT2D eigenvalue weighted by Crippen LogP contribution is -2.42. The van der Waals surface area contributed by atoms with Crippen LogP contribution in [0.15, 0.2) is 0 Å². The zero-order valence-electron chi connectivity index (χ0n) is 9.25. The lowest BCUT2D eigenvalue weighted by molar-refractivity contribution is 0.0866. The molecule has 1 saturated heterocycles. The summed E-state index contributed by atoms with van der Waals surface area (Å²) in [7, 11) is 0. The first-order valence-electron chi connectivity index (χ1n) is 6.32. The molecule has 2 N–H and O–H groups in total. The third kappa shape index (κ3) is 2.48. The molecule has 1 saturated carbocycles. The van der Waals surface area contributed by atoms with E-state index in [9.17, 15) is 0 Å². The first-order valence-corrected chi connectivity index (χ1v) is 6.32. The summed E-state index contributed by atoms with van der Waals surface area (Å²) in [6.07, 6.45) is 8.60. The Bertz CT molecular complexity index is 170. The Morgan fingerprint density at radius 2 is 1.86 bits per heavy atom. The molecule has 0 amide bonds. The molecule has 2 nitrogen and oxygen atoms in total. The SMILES string of the molecule is NCCCN1CC[C@H]2CCCC[C@H]2C1. The third-order valence-corrected chi connectivity index (χ3v) is 4.05. The Balaban J connectivity index is 1.77. The molecule has 1 heterocycles. The fourth-order valence-electron chi connectivity index (χ4n) is 3.19. The van der Waals surface area contributed by atoms with Crippen LogP contribution in [0.5, 0.6) is 0 Å². The molecule has 1 aliphatic carbocycles. The Labute approximate surface area is 87.8 Å². The first-order chi connectivity index (χ1) is 6.90. The van der Waals surface area contributed by atoms with Crippen molar-refractivity contribution in [2.24, 2.45) is 17.6 Å². The largest absolute Gasteiger partial charge is 0.330 e. The number of rotatable bonds is 3. The van der Waals surface area contributed by atoms with Gasteiger partial charge in [0.2, 0.25) is 0 Å². The summed E-state index contributed by atoms with van der Waals surface area (Å²) in [4.78, 5) is 2.64. The maximum atomic E-state index is 5.55. The number of likely N-dealkylation sites (tertiary alicyclic amines) is 1. The van der Waals surface area contributed by atoms with Crippen LogP contribution >= 0.6 is 0 Å². The minimum atomic E-state index is 0.852. The van der Waals surface area contributed by atoms with Crippen LogP contribution in [0.3, 0.4) is 0 Å². The molecular weight excluding hydrogens is 172 g/mol. The highest BCUT2D eigenvalue weighted by atomic mass is 15.1. The molecule has 14 heavy (non-hydrogen) atoms. The van der Waals surface area contributed by atoms with Crippen LogP contribution in [-0.4, -0.2) is 31.1 Å². The predicted octanol–water partition coefficient (Wildman–Crippen LogP) is 1.85. The second-order valence-corrected chi connectivity index (χ2v) is 5.04. The lowest BCUT2D eigenvalue weighted by atomic mass is 9.75. The molecule has 2 aliphatic rings. The number of nitrogens with two attached hydrogens (primary N) is 1. The van der Waals surface area contributed by atoms with Gasteiger partial charge < -0.3 is 10.6 Å². The standard InChI is InChI=1S/C12H24N2/c13-7-3-8-14-9-6-11-4-1-2-5-12(11)10-14/h11-12H,1-10,13H2/t11-,12+/m1/s1. The van der Waals surface area contributed by atoms with Crippen LogP contribution in [0.25, 0.3) is 0 Å². The molecule has 0 spiro atoms. The van der Waals surface area contributed by atoms with Gasteiger partial charge in [-0.15, -0.1) is 0 Å². The van der Waals surface area contributed by atoms with E-state index < -0.39 is 0 Å². The Morgan fingerprint density at radius 3 is 2.64 bits per heavy atom. The van der Waals surface area contributed by atoms with Crippen molar-refractivity contribution >= 4 is 0 Å². The monoisotopic (exact) mass is 196 g/mol. The maximum absolute atomic E-state index is 5.55. The number of nitrogens with zero attached hydrogens (tertiary/aromatic N) is 1. The van der Waals surface area contributed by atoms with Crippen molar-refractivity contribution < 1.29 is 0 Å². The van der Waals surface area contributed by atoms with Gasteiger partial charge in [-0.3, -0.25) is 0 Å². The second-order valence-electron chi connectivity index (χ2n) is 5.04. The molecule has 0 bridgehead atoms. The molecule has 2 heteroatoms. The highest BCUT2D eigenvalue weighted by Crippen LogP contribution is 2.35. The van der Waals surface area contributed by atoms with E-state index in [2.05, 4.69) is 4.90 Å². The van der Waals surface area contributed by atoms with Crippen molar-refractivity contribution in [3.05, 3.63) is 0 Å². The van der Waals surface area contributed by atoms with E-state index in [1.54, 1.807) is 0 Å². The van der Waals surface area contributed by atoms with Gasteiger partial charge in [-0.25, -0.2) is 0 Å². The van der Waals surface area contributed by atoms with Gasteiger partial charge in [0.15, 0.2) is 0 Å². The van der Waals surface area contributed by atoms with Gasteiger partial charge in [0, 0.05) is 6.54 Å². The highest BCUT2D eigenvalue weighted by molar-refractivity contribution is 4.83. The molecular formula is C12H24N2. The van der Waals surface area contributed by atoms with E-state index in [0.29, 0.717) is 0 Å². The molecule has 0 aromatic carbocycles. The number of fused-ring (bicyclic) bond motifs is 1. The molecule has 0 aromatic rings. The molecule has 82 valence electrons. The van der Waals surface area contributed by atoms with E-state index in [1.807, 2.05) is 0 Å². The summed E-state index contributed by atoms with van der Waals surface area (Å²) in [6, 6.07) is 0. The molecule has 0 unspecified atom stereocenters. The van der Waals surface area contributed by atoms with Gasteiger partial charge in [0.25, 0.3) is 0 Å². The van der Waals surface area contributed by atoms with Gasteiger partial charge in [0.1, 0.15) is 0 Å². The van der Waals surface area contributed by atoms with Crippen molar-refractivity contribution in [1.82, 2.24) is 4.90 Å². The smallest absolute Gasteiger partial charge is 0.00123 e. The van der Waals surface area contributed by atoms with Gasteiger partial charge in [0.05, 0.1) is 0 Å². The average molecular weight is 196 g/mol. The van der Waals surface area contributed by atoms with Crippen molar-refractivity contribution in [3.8, 4) is 0 Å². The summed E-state index contributed by atoms with van der Waals surface area (Å²) >= 11 is 0. The topological polar surface area (TPSA) is 29.3 Å². The van der Waals surface area contributed by atoms with Crippen molar-refractivity contribution in [1.29, 1.82) is 0 Å². The summed E-state index contributed by atoms with van der Waals surface area (Å²) in [5.74, 6) is 2.09. The Morgan fingerprint density at radius 1 is 1.07 bits per heavy atom. The summed E-state index contributed by atoms with van der Waals surface area (Å²) < 4.78 is 0. The average Bonchev–Trinajstić information content (AvgIpc) is 2.26. The second kappa shape index (κ2) is 5.13. The van der Waals surface area contributed by atoms with E-state index in [4.69, 9.17) is 5.73 Å². The fourth-order valence-corrected chi connectivity index (χ4v) is 3.19. The molecule has 2 fully saturated rings. The van der Waals surface area contributed by atoms with Gasteiger partial charge in [-0.05, 0) is 50.7 Å². The molecule has 1 aliphatic heterocycles. The zero-order chi connectivity index (χ0) is 9.80. The van der Waals surface area contributed by atoms with E-state index in [-0.39, 0.29) is 0 Å². The fraction of sp³-hybridized carbons (Fsp3) is 1.00. The van der Waals surface area contributed by atoms with Crippen LogP contribution < -0.4 is 5.73 Å². The molecule has 0 radical (unpaired) electrons.